The van der Waals surface area contributed by atoms with Crippen LogP contribution in [0.25, 0.3) is 0 Å². The molecule has 2 atom stereocenters. The highest BCUT2D eigenvalue weighted by atomic mass is 15.2. The number of nitrogens with one attached hydrogen (secondary N) is 1. The minimum absolute atomic E-state index is 0.888. The molecule has 0 radical (unpaired) electrons. The summed E-state index contributed by atoms with van der Waals surface area (Å²) in [5.41, 5.74) is 0. The predicted octanol–water partition coefficient (Wildman–Crippen LogP) is 2.89. The van der Waals surface area contributed by atoms with Gasteiger partial charge in [-0.1, -0.05) is 26.7 Å². The van der Waals surface area contributed by atoms with Crippen molar-refractivity contribution in [3.05, 3.63) is 0 Å². The number of nitrogens with zero attached hydrogens (tertiary/aromatic N) is 1. The van der Waals surface area contributed by atoms with Gasteiger partial charge in [0.15, 0.2) is 0 Å². The van der Waals surface area contributed by atoms with Gasteiger partial charge in [-0.15, -0.1) is 0 Å². The second-order valence-electron chi connectivity index (χ2n) is 6.09. The Hall–Kier alpha value is -0.0800. The van der Waals surface area contributed by atoms with E-state index in [4.69, 9.17) is 0 Å². The predicted molar refractivity (Wildman–Crippen MR) is 74.3 cm³/mol. The molecule has 0 aromatic heterocycles. The molecule has 1 aliphatic carbocycles. The molecule has 0 bridgehead atoms. The van der Waals surface area contributed by atoms with Gasteiger partial charge >= 0.3 is 0 Å². The molecule has 1 aliphatic heterocycles. The van der Waals surface area contributed by atoms with Crippen molar-refractivity contribution in [3.63, 3.8) is 0 Å². The molecule has 0 aromatic carbocycles. The van der Waals surface area contributed by atoms with Gasteiger partial charge in [0.25, 0.3) is 0 Å². The van der Waals surface area contributed by atoms with Crippen LogP contribution in [0.3, 0.4) is 0 Å². The van der Waals surface area contributed by atoms with Crippen molar-refractivity contribution >= 4 is 0 Å². The zero-order chi connectivity index (χ0) is 12.1. The summed E-state index contributed by atoms with van der Waals surface area (Å²) in [5.74, 6) is 1.99. The van der Waals surface area contributed by atoms with Crippen LogP contribution in [-0.4, -0.2) is 37.1 Å². The van der Waals surface area contributed by atoms with E-state index >= 15 is 0 Å². The first-order valence-electron chi connectivity index (χ1n) is 7.78. The highest BCUT2D eigenvalue weighted by Gasteiger charge is 2.31. The Balaban J connectivity index is 1.67. The fourth-order valence-corrected chi connectivity index (χ4v) is 3.16. The Bertz CT molecular complexity index is 213. The van der Waals surface area contributed by atoms with E-state index in [2.05, 4.69) is 24.1 Å². The van der Waals surface area contributed by atoms with Crippen molar-refractivity contribution in [2.24, 2.45) is 11.8 Å². The van der Waals surface area contributed by atoms with Gasteiger partial charge in [0.05, 0.1) is 0 Å². The van der Waals surface area contributed by atoms with Gasteiger partial charge in [-0.05, 0) is 57.2 Å². The van der Waals surface area contributed by atoms with Gasteiger partial charge in [0, 0.05) is 12.6 Å². The van der Waals surface area contributed by atoms with Crippen molar-refractivity contribution in [1.29, 1.82) is 0 Å². The van der Waals surface area contributed by atoms with Crippen LogP contribution in [0, 0.1) is 11.8 Å². The number of hydrogen-bond donors (Lipinski definition) is 1. The second kappa shape index (κ2) is 6.75. The molecule has 2 rings (SSSR count). The molecule has 1 N–H and O–H groups in total. The van der Waals surface area contributed by atoms with Gasteiger partial charge in [0.2, 0.25) is 0 Å². The molecule has 2 fully saturated rings. The van der Waals surface area contributed by atoms with Crippen LogP contribution >= 0.6 is 0 Å². The third-order valence-electron chi connectivity index (χ3n) is 4.47. The summed E-state index contributed by atoms with van der Waals surface area (Å²) in [4.78, 5) is 2.77. The summed E-state index contributed by atoms with van der Waals surface area (Å²) >= 11 is 0. The van der Waals surface area contributed by atoms with Gasteiger partial charge in [-0.25, -0.2) is 0 Å². The monoisotopic (exact) mass is 238 g/mol. The van der Waals surface area contributed by atoms with E-state index in [-0.39, 0.29) is 0 Å². The van der Waals surface area contributed by atoms with Crippen LogP contribution in [0.4, 0.5) is 0 Å². The Morgan fingerprint density at radius 2 is 2.00 bits per heavy atom. The Morgan fingerprint density at radius 1 is 1.18 bits per heavy atom. The molecule has 2 heteroatoms. The maximum absolute atomic E-state index is 3.58. The van der Waals surface area contributed by atoms with Gasteiger partial charge in [-0.3, -0.25) is 0 Å². The molecule has 17 heavy (non-hydrogen) atoms. The fourth-order valence-electron chi connectivity index (χ4n) is 3.16. The van der Waals surface area contributed by atoms with Crippen molar-refractivity contribution in [2.45, 2.75) is 58.4 Å². The maximum atomic E-state index is 3.58. The molecule has 1 heterocycles. The summed E-state index contributed by atoms with van der Waals surface area (Å²) in [7, 11) is 0. The molecule has 1 saturated heterocycles. The van der Waals surface area contributed by atoms with E-state index in [0.29, 0.717) is 0 Å². The first-order chi connectivity index (χ1) is 8.33. The highest BCUT2D eigenvalue weighted by Crippen LogP contribution is 2.36. The standard InChI is InChI=1S/C15H30N2/c1-3-8-16-11-14-7-9-17(12-14)15(4-2)10-13-5-6-13/h13-16H,3-12H2,1-2H3. The molecule has 2 unspecified atom stereocenters. The summed E-state index contributed by atoms with van der Waals surface area (Å²) in [6.07, 6.45) is 8.52. The molecule has 2 nitrogen and oxygen atoms in total. The van der Waals surface area contributed by atoms with Crippen molar-refractivity contribution in [1.82, 2.24) is 10.2 Å². The van der Waals surface area contributed by atoms with Crippen LogP contribution < -0.4 is 5.32 Å². The summed E-state index contributed by atoms with van der Waals surface area (Å²) < 4.78 is 0. The van der Waals surface area contributed by atoms with E-state index in [1.165, 1.54) is 64.7 Å². The number of hydrogen-bond acceptors (Lipinski definition) is 2. The molecule has 0 spiro atoms. The third-order valence-corrected chi connectivity index (χ3v) is 4.47. The molecule has 100 valence electrons. The molecule has 0 aromatic rings. The average molecular weight is 238 g/mol. The molecule has 2 aliphatic rings. The largest absolute Gasteiger partial charge is 0.316 e. The Morgan fingerprint density at radius 3 is 2.65 bits per heavy atom. The lowest BCUT2D eigenvalue weighted by Gasteiger charge is -2.27. The molecular weight excluding hydrogens is 208 g/mol. The Kier molecular flexibility index (Phi) is 5.30. The maximum Gasteiger partial charge on any atom is 0.00953 e. The third kappa shape index (κ3) is 4.26. The first kappa shape index (κ1) is 13.4. The minimum Gasteiger partial charge on any atom is -0.316 e. The zero-order valence-electron chi connectivity index (χ0n) is 11.8. The minimum atomic E-state index is 0.888. The van der Waals surface area contributed by atoms with Crippen molar-refractivity contribution in [3.8, 4) is 0 Å². The number of likely N-dealkylation sites (tertiary alicyclic amines) is 1. The molecule has 0 amide bonds. The van der Waals surface area contributed by atoms with E-state index in [9.17, 15) is 0 Å². The summed E-state index contributed by atoms with van der Waals surface area (Å²) in [6.45, 7) is 9.75. The van der Waals surface area contributed by atoms with Gasteiger partial charge in [0.1, 0.15) is 0 Å². The highest BCUT2D eigenvalue weighted by molar-refractivity contribution is 4.86. The fraction of sp³-hybridized carbons (Fsp3) is 1.00. The van der Waals surface area contributed by atoms with Crippen molar-refractivity contribution in [2.75, 3.05) is 26.2 Å². The van der Waals surface area contributed by atoms with E-state index in [1.54, 1.807) is 0 Å². The van der Waals surface area contributed by atoms with E-state index in [1.807, 2.05) is 0 Å². The summed E-state index contributed by atoms with van der Waals surface area (Å²) in [6, 6.07) is 0.888. The molecular formula is C15H30N2. The lowest BCUT2D eigenvalue weighted by Crippen LogP contribution is -2.34. The average Bonchev–Trinajstić information content (AvgIpc) is 3.04. The second-order valence-corrected chi connectivity index (χ2v) is 6.09. The van der Waals surface area contributed by atoms with Crippen LogP contribution in [0.2, 0.25) is 0 Å². The van der Waals surface area contributed by atoms with Crippen LogP contribution in [0.15, 0.2) is 0 Å². The SMILES string of the molecule is CCCNCC1CCN(C(CC)CC2CC2)C1. The van der Waals surface area contributed by atoms with Gasteiger partial charge in [-0.2, -0.15) is 0 Å². The van der Waals surface area contributed by atoms with Gasteiger partial charge < -0.3 is 10.2 Å². The zero-order valence-corrected chi connectivity index (χ0v) is 11.8. The smallest absolute Gasteiger partial charge is 0.00953 e. The summed E-state index contributed by atoms with van der Waals surface area (Å²) in [5, 5.41) is 3.58. The normalized spacial score (nSPS) is 27.5. The quantitative estimate of drug-likeness (QED) is 0.654. The van der Waals surface area contributed by atoms with Crippen molar-refractivity contribution < 1.29 is 0 Å². The number of rotatable bonds is 8. The van der Waals surface area contributed by atoms with E-state index < -0.39 is 0 Å². The topological polar surface area (TPSA) is 15.3 Å². The lowest BCUT2D eigenvalue weighted by atomic mass is 10.1. The van der Waals surface area contributed by atoms with Crippen LogP contribution in [-0.2, 0) is 0 Å². The molecule has 1 saturated carbocycles. The van der Waals surface area contributed by atoms with E-state index in [0.717, 1.165) is 17.9 Å². The Labute approximate surface area is 107 Å². The van der Waals surface area contributed by atoms with Crippen LogP contribution in [0.1, 0.15) is 52.4 Å². The first-order valence-corrected chi connectivity index (χ1v) is 7.78. The van der Waals surface area contributed by atoms with Crippen LogP contribution in [0.5, 0.6) is 0 Å². The lowest BCUT2D eigenvalue weighted by molar-refractivity contribution is 0.209.